The van der Waals surface area contributed by atoms with E-state index in [-0.39, 0.29) is 11.8 Å². The second-order valence-electron chi connectivity index (χ2n) is 7.23. The maximum Gasteiger partial charge on any atom is 0.257 e. The van der Waals surface area contributed by atoms with Crippen molar-refractivity contribution in [2.75, 3.05) is 23.8 Å². The average Bonchev–Trinajstić information content (AvgIpc) is 3.34. The molecule has 0 saturated heterocycles. The summed E-state index contributed by atoms with van der Waals surface area (Å²) in [5, 5.41) is 6.08. The number of nitrogens with zero attached hydrogens (tertiary/aromatic N) is 1. The van der Waals surface area contributed by atoms with Gasteiger partial charge in [-0.05, 0) is 49.2 Å². The van der Waals surface area contributed by atoms with Gasteiger partial charge in [-0.15, -0.1) is 11.3 Å². The molecule has 1 atom stereocenters. The molecular weight excluding hydrogens is 421 g/mol. The number of benzene rings is 2. The number of aryl methyl sites for hydroxylation is 1. The van der Waals surface area contributed by atoms with Crippen molar-refractivity contribution in [2.45, 2.75) is 18.8 Å². The van der Waals surface area contributed by atoms with Crippen molar-refractivity contribution in [1.82, 2.24) is 4.98 Å². The van der Waals surface area contributed by atoms with Gasteiger partial charge in [0.25, 0.3) is 5.91 Å². The average molecular weight is 439 g/mol. The number of anilines is 2. The van der Waals surface area contributed by atoms with Gasteiger partial charge in [0.05, 0.1) is 11.6 Å². The molecule has 0 saturated carbocycles. The molecule has 31 heavy (non-hydrogen) atoms. The van der Waals surface area contributed by atoms with E-state index in [4.69, 9.17) is 9.47 Å². The van der Waals surface area contributed by atoms with Crippen molar-refractivity contribution >= 4 is 34.0 Å². The number of amides is 2. The largest absolute Gasteiger partial charge is 0.486 e. The van der Waals surface area contributed by atoms with Gasteiger partial charge in [-0.1, -0.05) is 0 Å². The molecule has 2 aliphatic rings. The number of hydrogen-bond acceptors (Lipinski definition) is 6. The van der Waals surface area contributed by atoms with E-state index in [2.05, 4.69) is 15.6 Å². The molecule has 0 fully saturated rings. The van der Waals surface area contributed by atoms with Gasteiger partial charge in [-0.25, -0.2) is 9.37 Å². The Kier molecular flexibility index (Phi) is 5.03. The van der Waals surface area contributed by atoms with Gasteiger partial charge in [0.15, 0.2) is 16.6 Å². The standard InChI is InChI=1S/C22H18FN3O4S/c23-13-3-1-12(2-4-13)20(27)26-22-25-19-15(6-8-18(19)31-22)21(28)24-14-5-7-16-17(11-14)30-10-9-29-16/h1-5,7,11,15H,6,8-10H2,(H,24,28)(H,25,26,27)/t15-/m0/s1. The minimum absolute atomic E-state index is 0.155. The van der Waals surface area contributed by atoms with Crippen LogP contribution in [0.25, 0.3) is 0 Å². The van der Waals surface area contributed by atoms with Crippen molar-refractivity contribution in [3.05, 3.63) is 64.4 Å². The lowest BCUT2D eigenvalue weighted by Gasteiger charge is -2.19. The summed E-state index contributed by atoms with van der Waals surface area (Å²) in [4.78, 5) is 30.7. The highest BCUT2D eigenvalue weighted by atomic mass is 32.1. The van der Waals surface area contributed by atoms with Crippen LogP contribution in [-0.2, 0) is 11.2 Å². The van der Waals surface area contributed by atoms with Crippen LogP contribution in [0.5, 0.6) is 11.5 Å². The van der Waals surface area contributed by atoms with E-state index in [0.717, 1.165) is 11.3 Å². The number of nitrogens with one attached hydrogen (secondary N) is 2. The first-order valence-corrected chi connectivity index (χ1v) is 10.7. The predicted octanol–water partition coefficient (Wildman–Crippen LogP) is 3.97. The Balaban J connectivity index is 1.28. The van der Waals surface area contributed by atoms with E-state index in [1.165, 1.54) is 35.6 Å². The highest BCUT2D eigenvalue weighted by Crippen LogP contribution is 2.39. The van der Waals surface area contributed by atoms with E-state index in [9.17, 15) is 14.0 Å². The quantitative estimate of drug-likeness (QED) is 0.642. The highest BCUT2D eigenvalue weighted by Gasteiger charge is 2.33. The van der Waals surface area contributed by atoms with Gasteiger partial charge in [0.1, 0.15) is 19.0 Å². The van der Waals surface area contributed by atoms with Crippen LogP contribution in [0, 0.1) is 5.82 Å². The van der Waals surface area contributed by atoms with Crippen LogP contribution in [0.4, 0.5) is 15.2 Å². The van der Waals surface area contributed by atoms with Gasteiger partial charge in [0.2, 0.25) is 5.91 Å². The molecule has 0 radical (unpaired) electrons. The second kappa shape index (κ2) is 7.99. The summed E-state index contributed by atoms with van der Waals surface area (Å²) in [6, 6.07) is 10.6. The summed E-state index contributed by atoms with van der Waals surface area (Å²) in [6.07, 6.45) is 1.38. The van der Waals surface area contributed by atoms with Crippen LogP contribution in [0.3, 0.4) is 0 Å². The summed E-state index contributed by atoms with van der Waals surface area (Å²) in [5.41, 5.74) is 1.65. The fourth-order valence-corrected chi connectivity index (χ4v) is 4.69. The van der Waals surface area contributed by atoms with E-state index in [0.29, 0.717) is 53.2 Å². The molecule has 0 unspecified atom stereocenters. The number of ether oxygens (including phenoxy) is 2. The van der Waals surface area contributed by atoms with Crippen LogP contribution in [0.2, 0.25) is 0 Å². The lowest BCUT2D eigenvalue weighted by molar-refractivity contribution is -0.117. The summed E-state index contributed by atoms with van der Waals surface area (Å²) in [7, 11) is 0. The monoisotopic (exact) mass is 439 g/mol. The van der Waals surface area contributed by atoms with Crippen molar-refractivity contribution < 1.29 is 23.5 Å². The van der Waals surface area contributed by atoms with E-state index in [1.54, 1.807) is 18.2 Å². The molecule has 0 bridgehead atoms. The number of halogens is 1. The Morgan fingerprint density at radius 2 is 1.81 bits per heavy atom. The van der Waals surface area contributed by atoms with Crippen LogP contribution in [0.15, 0.2) is 42.5 Å². The van der Waals surface area contributed by atoms with Crippen LogP contribution in [-0.4, -0.2) is 30.0 Å². The van der Waals surface area contributed by atoms with Gasteiger partial charge < -0.3 is 14.8 Å². The molecule has 2 heterocycles. The van der Waals surface area contributed by atoms with E-state index in [1.807, 2.05) is 0 Å². The molecule has 2 amide bonds. The van der Waals surface area contributed by atoms with Gasteiger partial charge in [-0.3, -0.25) is 14.9 Å². The first-order valence-electron chi connectivity index (χ1n) is 9.84. The smallest absolute Gasteiger partial charge is 0.257 e. The molecule has 2 N–H and O–H groups in total. The Bertz CT molecular complexity index is 1160. The Morgan fingerprint density at radius 3 is 2.61 bits per heavy atom. The Hall–Kier alpha value is -3.46. The highest BCUT2D eigenvalue weighted by molar-refractivity contribution is 7.16. The first-order chi connectivity index (χ1) is 15.1. The third-order valence-electron chi connectivity index (χ3n) is 5.17. The molecular formula is C22H18FN3O4S. The molecule has 1 aliphatic carbocycles. The van der Waals surface area contributed by atoms with E-state index >= 15 is 0 Å². The predicted molar refractivity (Wildman–Crippen MR) is 114 cm³/mol. The number of carbonyl (C=O) groups excluding carboxylic acids is 2. The Morgan fingerprint density at radius 1 is 1.03 bits per heavy atom. The van der Waals surface area contributed by atoms with Gasteiger partial charge in [-0.2, -0.15) is 0 Å². The number of carbonyl (C=O) groups is 2. The minimum atomic E-state index is -0.406. The van der Waals surface area contributed by atoms with Gasteiger partial charge >= 0.3 is 0 Å². The van der Waals surface area contributed by atoms with E-state index < -0.39 is 11.7 Å². The number of hydrogen-bond donors (Lipinski definition) is 2. The van der Waals surface area contributed by atoms with Crippen LogP contribution in [0.1, 0.15) is 33.3 Å². The number of aromatic nitrogens is 1. The topological polar surface area (TPSA) is 89.6 Å². The van der Waals surface area contributed by atoms with Crippen LogP contribution < -0.4 is 20.1 Å². The molecule has 7 nitrogen and oxygen atoms in total. The Labute approximate surface area is 181 Å². The SMILES string of the molecule is O=C(Nc1nc2c(s1)CC[C@@H]2C(=O)Nc1ccc2c(c1)OCCO2)c1ccc(F)cc1. The molecule has 158 valence electrons. The van der Waals surface area contributed by atoms with Crippen LogP contribution >= 0.6 is 11.3 Å². The summed E-state index contributed by atoms with van der Waals surface area (Å²) in [5.74, 6) is -0.0570. The third kappa shape index (κ3) is 3.96. The minimum Gasteiger partial charge on any atom is -0.486 e. The number of fused-ring (bicyclic) bond motifs is 2. The van der Waals surface area contributed by atoms with Crippen molar-refractivity contribution in [1.29, 1.82) is 0 Å². The summed E-state index contributed by atoms with van der Waals surface area (Å²) >= 11 is 1.36. The summed E-state index contributed by atoms with van der Waals surface area (Å²) < 4.78 is 24.1. The molecule has 1 aromatic heterocycles. The zero-order chi connectivity index (χ0) is 21.4. The lowest BCUT2D eigenvalue weighted by Crippen LogP contribution is -2.20. The molecule has 5 rings (SSSR count). The molecule has 2 aromatic carbocycles. The third-order valence-corrected chi connectivity index (χ3v) is 6.22. The fourth-order valence-electron chi connectivity index (χ4n) is 3.66. The molecule has 3 aromatic rings. The fraction of sp³-hybridized carbons (Fsp3) is 0.227. The molecule has 0 spiro atoms. The second-order valence-corrected chi connectivity index (χ2v) is 8.31. The van der Waals surface area contributed by atoms with Crippen molar-refractivity contribution in [2.24, 2.45) is 0 Å². The maximum absolute atomic E-state index is 13.1. The number of thiazole rings is 1. The first kappa shape index (κ1) is 19.5. The maximum atomic E-state index is 13.1. The zero-order valence-corrected chi connectivity index (χ0v) is 17.1. The lowest BCUT2D eigenvalue weighted by atomic mass is 10.1. The summed E-state index contributed by atoms with van der Waals surface area (Å²) in [6.45, 7) is 0.981. The zero-order valence-electron chi connectivity index (χ0n) is 16.3. The molecule has 9 heteroatoms. The normalized spacial score (nSPS) is 16.5. The van der Waals surface area contributed by atoms with Gasteiger partial charge in [0, 0.05) is 22.2 Å². The van der Waals surface area contributed by atoms with Crippen molar-refractivity contribution in [3.63, 3.8) is 0 Å². The van der Waals surface area contributed by atoms with Crippen molar-refractivity contribution in [3.8, 4) is 11.5 Å². The number of rotatable bonds is 4. The molecule has 1 aliphatic heterocycles.